The summed E-state index contributed by atoms with van der Waals surface area (Å²) in [4.78, 5) is 15.3. The van der Waals surface area contributed by atoms with Crippen molar-refractivity contribution in [1.29, 1.82) is 0 Å². The Hall–Kier alpha value is -2.14. The molecule has 1 saturated carbocycles. The van der Waals surface area contributed by atoms with Crippen LogP contribution in [0.3, 0.4) is 0 Å². The average Bonchev–Trinajstić information content (AvgIpc) is 3.56. The molecule has 0 amide bonds. The van der Waals surface area contributed by atoms with Crippen LogP contribution < -0.4 is 19.9 Å². The summed E-state index contributed by atoms with van der Waals surface area (Å²) in [6.07, 6.45) is 3.81. The van der Waals surface area contributed by atoms with Gasteiger partial charge in [0.2, 0.25) is 5.75 Å². The summed E-state index contributed by atoms with van der Waals surface area (Å²) in [6.45, 7) is 5.54. The number of ether oxygens (including phenoxy) is 1. The molecule has 0 radical (unpaired) electrons. The van der Waals surface area contributed by atoms with Crippen molar-refractivity contribution in [1.82, 2.24) is 18.8 Å². The third-order valence-corrected chi connectivity index (χ3v) is 7.48. The number of benzene rings is 1. The van der Waals surface area contributed by atoms with Crippen molar-refractivity contribution < 1.29 is 13.2 Å². The number of aromatic nitrogens is 2. The molecule has 0 atom stereocenters. The topological polar surface area (TPSA) is 96.8 Å². The zero-order valence-electron chi connectivity index (χ0n) is 18.2. The van der Waals surface area contributed by atoms with E-state index >= 15 is 0 Å². The fourth-order valence-electron chi connectivity index (χ4n) is 3.61. The second kappa shape index (κ2) is 9.38. The monoisotopic (exact) mass is 481 g/mol. The zero-order chi connectivity index (χ0) is 22.9. The first-order valence-electron chi connectivity index (χ1n) is 10.8. The van der Waals surface area contributed by atoms with Gasteiger partial charge in [0.1, 0.15) is 5.69 Å². The SMILES string of the molecule is CC(C)NS(=O)(=O)N1CCN(c2cnn(-c3cccc(Cl)c3)c(=O)c2OCC2CC2)CC1. The molecule has 1 saturated heterocycles. The van der Waals surface area contributed by atoms with Gasteiger partial charge in [-0.25, -0.2) is 0 Å². The molecule has 32 heavy (non-hydrogen) atoms. The van der Waals surface area contributed by atoms with Gasteiger partial charge in [0.05, 0.1) is 18.5 Å². The van der Waals surface area contributed by atoms with E-state index < -0.39 is 10.2 Å². The lowest BCUT2D eigenvalue weighted by Gasteiger charge is -2.36. The minimum atomic E-state index is -3.54. The summed E-state index contributed by atoms with van der Waals surface area (Å²) < 4.78 is 36.2. The molecule has 2 heterocycles. The van der Waals surface area contributed by atoms with Crippen LogP contribution in [0.4, 0.5) is 5.69 Å². The molecule has 0 bridgehead atoms. The molecule has 174 valence electrons. The molecule has 4 rings (SSSR count). The lowest BCUT2D eigenvalue weighted by atomic mass is 10.3. The molecular weight excluding hydrogens is 454 g/mol. The Morgan fingerprint density at radius 3 is 2.56 bits per heavy atom. The second-order valence-corrected chi connectivity index (χ2v) is 10.6. The van der Waals surface area contributed by atoms with Crippen LogP contribution in [-0.2, 0) is 10.2 Å². The number of nitrogens with one attached hydrogen (secondary N) is 1. The Morgan fingerprint density at radius 2 is 1.94 bits per heavy atom. The third kappa shape index (κ3) is 5.25. The van der Waals surface area contributed by atoms with Gasteiger partial charge in [0.15, 0.2) is 0 Å². The van der Waals surface area contributed by atoms with Gasteiger partial charge in [-0.2, -0.15) is 27.2 Å². The van der Waals surface area contributed by atoms with E-state index in [0.29, 0.717) is 55.1 Å². The van der Waals surface area contributed by atoms with Gasteiger partial charge in [-0.3, -0.25) is 4.79 Å². The van der Waals surface area contributed by atoms with Crippen LogP contribution in [-0.4, -0.2) is 61.3 Å². The Bertz CT molecular complexity index is 1130. The van der Waals surface area contributed by atoms with E-state index in [-0.39, 0.29) is 17.4 Å². The van der Waals surface area contributed by atoms with Crippen molar-refractivity contribution in [2.75, 3.05) is 37.7 Å². The molecule has 2 aliphatic rings. The van der Waals surface area contributed by atoms with Crippen LogP contribution in [0.1, 0.15) is 26.7 Å². The predicted molar refractivity (Wildman–Crippen MR) is 124 cm³/mol. The predicted octanol–water partition coefficient (Wildman–Crippen LogP) is 2.04. The van der Waals surface area contributed by atoms with E-state index in [1.165, 1.54) is 8.99 Å². The van der Waals surface area contributed by atoms with Gasteiger partial charge in [-0.15, -0.1) is 0 Å². The molecule has 9 nitrogen and oxygen atoms in total. The molecular formula is C21H28ClN5O4S. The van der Waals surface area contributed by atoms with Crippen molar-refractivity contribution in [2.45, 2.75) is 32.7 Å². The van der Waals surface area contributed by atoms with Crippen molar-refractivity contribution >= 4 is 27.5 Å². The van der Waals surface area contributed by atoms with Gasteiger partial charge in [-0.1, -0.05) is 17.7 Å². The fraction of sp³-hybridized carbons (Fsp3) is 0.524. The number of hydrogen-bond donors (Lipinski definition) is 1. The highest BCUT2D eigenvalue weighted by Gasteiger charge is 2.30. The van der Waals surface area contributed by atoms with Gasteiger partial charge < -0.3 is 9.64 Å². The molecule has 1 aliphatic heterocycles. The van der Waals surface area contributed by atoms with Crippen LogP contribution in [0.2, 0.25) is 5.02 Å². The highest BCUT2D eigenvalue weighted by Crippen LogP contribution is 2.32. The van der Waals surface area contributed by atoms with Crippen LogP contribution >= 0.6 is 11.6 Å². The number of piperazine rings is 1. The number of nitrogens with zero attached hydrogens (tertiary/aromatic N) is 4. The minimum absolute atomic E-state index is 0.177. The lowest BCUT2D eigenvalue weighted by molar-refractivity contribution is 0.292. The lowest BCUT2D eigenvalue weighted by Crippen LogP contribution is -2.53. The number of anilines is 1. The highest BCUT2D eigenvalue weighted by atomic mass is 35.5. The summed E-state index contributed by atoms with van der Waals surface area (Å²) in [5.41, 5.74) is 0.783. The molecule has 0 spiro atoms. The molecule has 0 unspecified atom stereocenters. The second-order valence-electron chi connectivity index (χ2n) is 8.47. The highest BCUT2D eigenvalue weighted by molar-refractivity contribution is 7.87. The molecule has 2 aromatic rings. The first-order chi connectivity index (χ1) is 15.2. The van der Waals surface area contributed by atoms with E-state index in [1.807, 2.05) is 4.90 Å². The zero-order valence-corrected chi connectivity index (χ0v) is 19.8. The molecule has 1 N–H and O–H groups in total. The molecule has 1 aromatic carbocycles. The van der Waals surface area contributed by atoms with Crippen LogP contribution in [0.25, 0.3) is 5.69 Å². The van der Waals surface area contributed by atoms with Crippen LogP contribution in [0.5, 0.6) is 5.75 Å². The minimum Gasteiger partial charge on any atom is -0.486 e. The third-order valence-electron chi connectivity index (χ3n) is 5.43. The molecule has 2 fully saturated rings. The van der Waals surface area contributed by atoms with Crippen molar-refractivity contribution in [3.05, 3.63) is 45.8 Å². The first-order valence-corrected chi connectivity index (χ1v) is 12.6. The van der Waals surface area contributed by atoms with E-state index in [2.05, 4.69) is 9.82 Å². The molecule has 11 heteroatoms. The summed E-state index contributed by atoms with van der Waals surface area (Å²) in [5, 5.41) is 4.86. The Kier molecular flexibility index (Phi) is 6.75. The van der Waals surface area contributed by atoms with Gasteiger partial charge in [0.25, 0.3) is 10.2 Å². The van der Waals surface area contributed by atoms with Crippen LogP contribution in [0.15, 0.2) is 35.3 Å². The van der Waals surface area contributed by atoms with Crippen molar-refractivity contribution in [3.8, 4) is 11.4 Å². The maximum atomic E-state index is 13.3. The fourth-order valence-corrected chi connectivity index (χ4v) is 5.18. The van der Waals surface area contributed by atoms with E-state index in [0.717, 1.165) is 12.8 Å². The van der Waals surface area contributed by atoms with Crippen LogP contribution in [0, 0.1) is 5.92 Å². The standard InChI is InChI=1S/C21H28ClN5O4S/c1-15(2)24-32(29,30)26-10-8-25(9-11-26)19-13-23-27(18-5-3-4-17(22)12-18)21(28)20(19)31-14-16-6-7-16/h3-5,12-13,15-16,24H,6-11,14H2,1-2H3. The first kappa shape index (κ1) is 23.0. The number of halogens is 1. The summed E-state index contributed by atoms with van der Waals surface area (Å²) in [6, 6.07) is 6.75. The largest absolute Gasteiger partial charge is 0.486 e. The van der Waals surface area contributed by atoms with E-state index in [9.17, 15) is 13.2 Å². The van der Waals surface area contributed by atoms with Gasteiger partial charge >= 0.3 is 5.56 Å². The smallest absolute Gasteiger partial charge is 0.316 e. The normalized spacial score (nSPS) is 17.7. The summed E-state index contributed by atoms with van der Waals surface area (Å²) in [7, 11) is -3.54. The summed E-state index contributed by atoms with van der Waals surface area (Å²) >= 11 is 6.09. The van der Waals surface area contributed by atoms with Gasteiger partial charge in [-0.05, 0) is 50.8 Å². The maximum Gasteiger partial charge on any atom is 0.316 e. The summed E-state index contributed by atoms with van der Waals surface area (Å²) in [5.74, 6) is 0.711. The molecule has 1 aliphatic carbocycles. The average molecular weight is 482 g/mol. The number of hydrogen-bond acceptors (Lipinski definition) is 6. The molecule has 1 aromatic heterocycles. The number of rotatable bonds is 8. The Morgan fingerprint density at radius 1 is 1.22 bits per heavy atom. The van der Waals surface area contributed by atoms with E-state index in [4.69, 9.17) is 16.3 Å². The quantitative estimate of drug-likeness (QED) is 0.619. The maximum absolute atomic E-state index is 13.3. The van der Waals surface area contributed by atoms with Crippen molar-refractivity contribution in [3.63, 3.8) is 0 Å². The Labute approximate surface area is 193 Å². The van der Waals surface area contributed by atoms with Crippen molar-refractivity contribution in [2.24, 2.45) is 5.92 Å². The van der Waals surface area contributed by atoms with Gasteiger partial charge in [0, 0.05) is 37.2 Å². The van der Waals surface area contributed by atoms with E-state index in [1.54, 1.807) is 44.3 Å². The Balaban J connectivity index is 1.59.